The molecule has 0 atom stereocenters. The third kappa shape index (κ3) is 3.68. The number of rotatable bonds is 5. The summed E-state index contributed by atoms with van der Waals surface area (Å²) in [6.45, 7) is 2.05. The third-order valence-corrected chi connectivity index (χ3v) is 3.25. The van der Waals surface area contributed by atoms with Crippen molar-refractivity contribution in [2.75, 3.05) is 7.11 Å². The van der Waals surface area contributed by atoms with Gasteiger partial charge in [0.25, 0.3) is 0 Å². The molecule has 2 aromatic rings. The van der Waals surface area contributed by atoms with Gasteiger partial charge in [-0.3, -0.25) is 4.79 Å². The highest BCUT2D eigenvalue weighted by atomic mass is 79.9. The number of carbonyl (C=O) groups excluding carboxylic acids is 1. The van der Waals surface area contributed by atoms with Crippen LogP contribution in [0.4, 0.5) is 0 Å². The molecular weight excluding hydrogens is 320 g/mol. The first-order valence-corrected chi connectivity index (χ1v) is 6.95. The lowest BCUT2D eigenvalue weighted by Gasteiger charge is -2.11. The second-order valence-electron chi connectivity index (χ2n) is 4.38. The normalized spacial score (nSPS) is 10.3. The average molecular weight is 335 g/mol. The van der Waals surface area contributed by atoms with Crippen LogP contribution in [0.2, 0.25) is 0 Å². The van der Waals surface area contributed by atoms with E-state index < -0.39 is 0 Å². The van der Waals surface area contributed by atoms with Crippen LogP contribution in [0.5, 0.6) is 11.5 Å². The number of ether oxygens (including phenoxy) is 2. The van der Waals surface area contributed by atoms with Crippen molar-refractivity contribution in [2.24, 2.45) is 0 Å². The monoisotopic (exact) mass is 334 g/mol. The van der Waals surface area contributed by atoms with Gasteiger partial charge in [-0.05, 0) is 42.8 Å². The fourth-order valence-corrected chi connectivity index (χ4v) is 2.20. The summed E-state index contributed by atoms with van der Waals surface area (Å²) in [4.78, 5) is 11.6. The van der Waals surface area contributed by atoms with Crippen molar-refractivity contribution in [2.45, 2.75) is 13.5 Å². The Balaban J connectivity index is 2.31. The largest absolute Gasteiger partial charge is 0.457 e. The van der Waals surface area contributed by atoms with E-state index in [1.165, 1.54) is 6.92 Å². The second kappa shape index (κ2) is 6.68. The summed E-state index contributed by atoms with van der Waals surface area (Å²) in [5.41, 5.74) is 1.58. The molecule has 0 aliphatic rings. The topological polar surface area (TPSA) is 35.5 Å². The Morgan fingerprint density at radius 3 is 2.70 bits per heavy atom. The molecule has 104 valence electrons. The van der Waals surface area contributed by atoms with Gasteiger partial charge in [0.05, 0.1) is 12.2 Å². The molecule has 0 spiro atoms. The predicted octanol–water partition coefficient (Wildman–Crippen LogP) is 4.59. The van der Waals surface area contributed by atoms with Crippen molar-refractivity contribution in [1.29, 1.82) is 0 Å². The van der Waals surface area contributed by atoms with Crippen molar-refractivity contribution in [1.82, 2.24) is 0 Å². The Labute approximate surface area is 126 Å². The van der Waals surface area contributed by atoms with Crippen LogP contribution in [0, 0.1) is 0 Å². The number of carbonyl (C=O) groups is 1. The fourth-order valence-electron chi connectivity index (χ4n) is 1.86. The number of methoxy groups -OCH3 is 1. The van der Waals surface area contributed by atoms with Crippen LogP contribution in [-0.4, -0.2) is 12.9 Å². The van der Waals surface area contributed by atoms with Crippen molar-refractivity contribution >= 4 is 21.7 Å². The number of Topliss-reactive ketones (excluding diaryl/α,β-unsaturated/α-hetero) is 1. The minimum Gasteiger partial charge on any atom is -0.457 e. The van der Waals surface area contributed by atoms with Gasteiger partial charge in [-0.15, -0.1) is 0 Å². The molecule has 0 radical (unpaired) electrons. The van der Waals surface area contributed by atoms with E-state index in [-0.39, 0.29) is 5.78 Å². The van der Waals surface area contributed by atoms with Gasteiger partial charge in [0, 0.05) is 11.6 Å². The maximum Gasteiger partial charge on any atom is 0.163 e. The zero-order valence-electron chi connectivity index (χ0n) is 11.4. The van der Waals surface area contributed by atoms with E-state index in [1.807, 2.05) is 30.3 Å². The summed E-state index contributed by atoms with van der Waals surface area (Å²) >= 11 is 3.39. The Morgan fingerprint density at radius 1 is 1.20 bits per heavy atom. The van der Waals surface area contributed by atoms with Gasteiger partial charge in [-0.2, -0.15) is 0 Å². The van der Waals surface area contributed by atoms with E-state index in [4.69, 9.17) is 9.47 Å². The van der Waals surface area contributed by atoms with Crippen LogP contribution >= 0.6 is 15.9 Å². The van der Waals surface area contributed by atoms with E-state index in [9.17, 15) is 4.79 Å². The van der Waals surface area contributed by atoms with Crippen LogP contribution < -0.4 is 4.74 Å². The molecule has 2 aromatic carbocycles. The summed E-state index contributed by atoms with van der Waals surface area (Å²) in [6.07, 6.45) is 0. The van der Waals surface area contributed by atoms with E-state index in [2.05, 4.69) is 15.9 Å². The molecule has 2 rings (SSSR count). The molecule has 0 saturated heterocycles. The SMILES string of the molecule is COCc1cccc(Oc2cc(Br)ccc2C(C)=O)c1. The lowest BCUT2D eigenvalue weighted by atomic mass is 10.1. The minimum atomic E-state index is -0.0273. The molecule has 0 aromatic heterocycles. The van der Waals surface area contributed by atoms with Gasteiger partial charge in [-0.1, -0.05) is 28.1 Å². The molecule has 0 fully saturated rings. The summed E-state index contributed by atoms with van der Waals surface area (Å²) in [5, 5.41) is 0. The number of ketones is 1. The van der Waals surface area contributed by atoms with Gasteiger partial charge in [-0.25, -0.2) is 0 Å². The predicted molar refractivity (Wildman–Crippen MR) is 81.4 cm³/mol. The smallest absolute Gasteiger partial charge is 0.163 e. The van der Waals surface area contributed by atoms with Gasteiger partial charge in [0.2, 0.25) is 0 Å². The first-order chi connectivity index (χ1) is 9.60. The molecule has 4 heteroatoms. The van der Waals surface area contributed by atoms with E-state index in [0.717, 1.165) is 10.0 Å². The van der Waals surface area contributed by atoms with Crippen LogP contribution in [-0.2, 0) is 11.3 Å². The number of halogens is 1. The van der Waals surface area contributed by atoms with Crippen molar-refractivity contribution in [3.8, 4) is 11.5 Å². The van der Waals surface area contributed by atoms with Crippen molar-refractivity contribution in [3.05, 3.63) is 58.1 Å². The molecule has 20 heavy (non-hydrogen) atoms. The summed E-state index contributed by atoms with van der Waals surface area (Å²) < 4.78 is 11.8. The maximum atomic E-state index is 11.6. The van der Waals surface area contributed by atoms with Crippen LogP contribution in [0.15, 0.2) is 46.9 Å². The van der Waals surface area contributed by atoms with E-state index in [0.29, 0.717) is 23.7 Å². The highest BCUT2D eigenvalue weighted by Crippen LogP contribution is 2.29. The lowest BCUT2D eigenvalue weighted by Crippen LogP contribution is -1.97. The molecule has 0 heterocycles. The molecule has 0 bridgehead atoms. The van der Waals surface area contributed by atoms with Gasteiger partial charge in [0.1, 0.15) is 11.5 Å². The molecule has 0 saturated carbocycles. The number of benzene rings is 2. The molecule has 0 aliphatic carbocycles. The quantitative estimate of drug-likeness (QED) is 0.750. The first kappa shape index (κ1) is 14.8. The Hall–Kier alpha value is -1.65. The molecule has 3 nitrogen and oxygen atoms in total. The van der Waals surface area contributed by atoms with E-state index in [1.54, 1.807) is 19.2 Å². The van der Waals surface area contributed by atoms with Gasteiger partial charge < -0.3 is 9.47 Å². The Bertz CT molecular complexity index is 623. The Kier molecular flexibility index (Phi) is 4.93. The van der Waals surface area contributed by atoms with Gasteiger partial charge in [0.15, 0.2) is 5.78 Å². The second-order valence-corrected chi connectivity index (χ2v) is 5.29. The summed E-state index contributed by atoms with van der Waals surface area (Å²) in [5.74, 6) is 1.20. The zero-order valence-corrected chi connectivity index (χ0v) is 12.9. The first-order valence-electron chi connectivity index (χ1n) is 6.16. The molecule has 0 unspecified atom stereocenters. The van der Waals surface area contributed by atoms with Crippen molar-refractivity contribution < 1.29 is 14.3 Å². The summed E-state index contributed by atoms with van der Waals surface area (Å²) in [7, 11) is 1.65. The third-order valence-electron chi connectivity index (χ3n) is 2.76. The number of hydrogen-bond acceptors (Lipinski definition) is 3. The number of hydrogen-bond donors (Lipinski definition) is 0. The van der Waals surface area contributed by atoms with Crippen LogP contribution in [0.25, 0.3) is 0 Å². The zero-order chi connectivity index (χ0) is 14.5. The van der Waals surface area contributed by atoms with Gasteiger partial charge >= 0.3 is 0 Å². The summed E-state index contributed by atoms with van der Waals surface area (Å²) in [6, 6.07) is 13.0. The molecular formula is C16H15BrO3. The minimum absolute atomic E-state index is 0.0273. The fraction of sp³-hybridized carbons (Fsp3) is 0.188. The lowest BCUT2D eigenvalue weighted by molar-refractivity contribution is 0.101. The van der Waals surface area contributed by atoms with E-state index >= 15 is 0 Å². The van der Waals surface area contributed by atoms with Crippen LogP contribution in [0.1, 0.15) is 22.8 Å². The highest BCUT2D eigenvalue weighted by Gasteiger charge is 2.10. The van der Waals surface area contributed by atoms with Crippen molar-refractivity contribution in [3.63, 3.8) is 0 Å². The Morgan fingerprint density at radius 2 is 2.00 bits per heavy atom. The molecule has 0 aliphatic heterocycles. The highest BCUT2D eigenvalue weighted by molar-refractivity contribution is 9.10. The standard InChI is InChI=1S/C16H15BrO3/c1-11(18)15-7-6-13(17)9-16(15)20-14-5-3-4-12(8-14)10-19-2/h3-9H,10H2,1-2H3. The molecule has 0 N–H and O–H groups in total. The maximum absolute atomic E-state index is 11.6. The van der Waals surface area contributed by atoms with Crippen LogP contribution in [0.3, 0.4) is 0 Å². The average Bonchev–Trinajstić information content (AvgIpc) is 2.39. The molecule has 0 amide bonds.